The maximum atomic E-state index is 4.46. The molecule has 2 rings (SSSR count). The standard InChI is InChI=1S/C13H22N4/c1-3-14-13-16-9-10(2)12(17-13)15-8-4-5-11-6-7-11/h9,11H,3-8H2,1-2H3,(H2,14,15,16,17). The Hall–Kier alpha value is -1.32. The quantitative estimate of drug-likeness (QED) is 0.712. The summed E-state index contributed by atoms with van der Waals surface area (Å²) in [6.45, 7) is 5.95. The van der Waals surface area contributed by atoms with Gasteiger partial charge in [-0.3, -0.25) is 0 Å². The summed E-state index contributed by atoms with van der Waals surface area (Å²) in [5.74, 6) is 2.69. The second-order valence-electron chi connectivity index (χ2n) is 4.77. The van der Waals surface area contributed by atoms with Crippen LogP contribution >= 0.6 is 0 Å². The third kappa shape index (κ3) is 3.88. The second-order valence-corrected chi connectivity index (χ2v) is 4.77. The lowest BCUT2D eigenvalue weighted by Crippen LogP contribution is -2.09. The van der Waals surface area contributed by atoms with Gasteiger partial charge in [0.15, 0.2) is 0 Å². The minimum Gasteiger partial charge on any atom is -0.370 e. The molecule has 0 aromatic carbocycles. The molecular formula is C13H22N4. The molecule has 0 unspecified atom stereocenters. The van der Waals surface area contributed by atoms with Gasteiger partial charge in [0.05, 0.1) is 0 Å². The van der Waals surface area contributed by atoms with Gasteiger partial charge in [0.1, 0.15) is 5.82 Å². The van der Waals surface area contributed by atoms with Crippen molar-refractivity contribution in [3.8, 4) is 0 Å². The first-order valence-electron chi connectivity index (χ1n) is 6.61. The Balaban J connectivity index is 1.81. The van der Waals surface area contributed by atoms with Gasteiger partial charge in [-0.05, 0) is 32.6 Å². The van der Waals surface area contributed by atoms with E-state index in [2.05, 4.69) is 20.6 Å². The molecule has 4 heteroatoms. The highest BCUT2D eigenvalue weighted by atomic mass is 15.1. The average Bonchev–Trinajstić information content (AvgIpc) is 3.13. The van der Waals surface area contributed by atoms with E-state index in [0.717, 1.165) is 30.4 Å². The van der Waals surface area contributed by atoms with Crippen LogP contribution in [0.5, 0.6) is 0 Å². The van der Waals surface area contributed by atoms with Crippen LogP contribution in [0.3, 0.4) is 0 Å². The number of hydrogen-bond donors (Lipinski definition) is 2. The summed E-state index contributed by atoms with van der Waals surface area (Å²) in [7, 11) is 0. The summed E-state index contributed by atoms with van der Waals surface area (Å²) in [6, 6.07) is 0. The van der Waals surface area contributed by atoms with E-state index in [-0.39, 0.29) is 0 Å². The van der Waals surface area contributed by atoms with E-state index in [1.54, 1.807) is 0 Å². The summed E-state index contributed by atoms with van der Waals surface area (Å²) >= 11 is 0. The molecule has 1 aliphatic carbocycles. The van der Waals surface area contributed by atoms with Gasteiger partial charge in [0.2, 0.25) is 5.95 Å². The van der Waals surface area contributed by atoms with Crippen molar-refractivity contribution >= 4 is 11.8 Å². The number of aryl methyl sites for hydroxylation is 1. The molecule has 0 aliphatic heterocycles. The fraction of sp³-hybridized carbons (Fsp3) is 0.692. The summed E-state index contributed by atoms with van der Waals surface area (Å²) in [6.07, 6.45) is 7.35. The minimum atomic E-state index is 0.711. The van der Waals surface area contributed by atoms with Crippen molar-refractivity contribution in [2.45, 2.75) is 39.5 Å². The van der Waals surface area contributed by atoms with Crippen molar-refractivity contribution in [1.29, 1.82) is 0 Å². The Morgan fingerprint density at radius 1 is 1.35 bits per heavy atom. The highest BCUT2D eigenvalue weighted by molar-refractivity contribution is 5.46. The molecule has 0 bridgehead atoms. The Morgan fingerprint density at radius 3 is 2.88 bits per heavy atom. The first kappa shape index (κ1) is 12.1. The number of aromatic nitrogens is 2. The van der Waals surface area contributed by atoms with Gasteiger partial charge in [-0.2, -0.15) is 4.98 Å². The molecule has 94 valence electrons. The van der Waals surface area contributed by atoms with Crippen molar-refractivity contribution < 1.29 is 0 Å². The Kier molecular flexibility index (Phi) is 4.18. The van der Waals surface area contributed by atoms with Gasteiger partial charge in [-0.1, -0.05) is 12.8 Å². The van der Waals surface area contributed by atoms with E-state index < -0.39 is 0 Å². The van der Waals surface area contributed by atoms with Crippen LogP contribution in [0.1, 0.15) is 38.2 Å². The lowest BCUT2D eigenvalue weighted by molar-refractivity contribution is 0.686. The van der Waals surface area contributed by atoms with E-state index in [9.17, 15) is 0 Å². The van der Waals surface area contributed by atoms with Crippen molar-refractivity contribution in [2.24, 2.45) is 5.92 Å². The molecule has 1 aliphatic rings. The fourth-order valence-electron chi connectivity index (χ4n) is 1.87. The monoisotopic (exact) mass is 234 g/mol. The zero-order chi connectivity index (χ0) is 12.1. The van der Waals surface area contributed by atoms with Crippen molar-refractivity contribution in [2.75, 3.05) is 23.7 Å². The molecule has 17 heavy (non-hydrogen) atoms. The Morgan fingerprint density at radius 2 is 2.18 bits per heavy atom. The number of hydrogen-bond acceptors (Lipinski definition) is 4. The van der Waals surface area contributed by atoms with Crippen LogP contribution < -0.4 is 10.6 Å². The smallest absolute Gasteiger partial charge is 0.224 e. The van der Waals surface area contributed by atoms with Crippen molar-refractivity contribution in [1.82, 2.24) is 9.97 Å². The van der Waals surface area contributed by atoms with Crippen molar-refractivity contribution in [3.63, 3.8) is 0 Å². The maximum Gasteiger partial charge on any atom is 0.224 e. The molecule has 1 aromatic heterocycles. The van der Waals surface area contributed by atoms with Gasteiger partial charge in [-0.15, -0.1) is 0 Å². The highest BCUT2D eigenvalue weighted by Gasteiger charge is 2.19. The summed E-state index contributed by atoms with van der Waals surface area (Å²) < 4.78 is 0. The van der Waals surface area contributed by atoms with E-state index in [0.29, 0.717) is 5.95 Å². The SMILES string of the molecule is CCNc1ncc(C)c(NCCCC2CC2)n1. The number of nitrogens with zero attached hydrogens (tertiary/aromatic N) is 2. The van der Waals surface area contributed by atoms with Crippen LogP contribution in [-0.2, 0) is 0 Å². The van der Waals surface area contributed by atoms with Crippen LogP contribution in [0.4, 0.5) is 11.8 Å². The lowest BCUT2D eigenvalue weighted by atomic mass is 10.2. The second kappa shape index (κ2) is 5.84. The zero-order valence-corrected chi connectivity index (χ0v) is 10.8. The Labute approximate surface area is 103 Å². The molecule has 0 radical (unpaired) electrons. The van der Waals surface area contributed by atoms with Crippen LogP contribution in [0, 0.1) is 12.8 Å². The molecule has 4 nitrogen and oxygen atoms in total. The molecule has 2 N–H and O–H groups in total. The Bertz CT molecular complexity index is 360. The molecule has 1 fully saturated rings. The van der Waals surface area contributed by atoms with Gasteiger partial charge in [-0.25, -0.2) is 4.98 Å². The predicted molar refractivity (Wildman–Crippen MR) is 71.4 cm³/mol. The van der Waals surface area contributed by atoms with E-state index >= 15 is 0 Å². The molecule has 0 atom stereocenters. The molecule has 1 aromatic rings. The van der Waals surface area contributed by atoms with Crippen LogP contribution in [0.15, 0.2) is 6.20 Å². The number of rotatable bonds is 7. The van der Waals surface area contributed by atoms with Crippen LogP contribution in [-0.4, -0.2) is 23.1 Å². The first-order chi connectivity index (χ1) is 8.29. The topological polar surface area (TPSA) is 49.8 Å². The van der Waals surface area contributed by atoms with E-state index in [1.807, 2.05) is 20.0 Å². The lowest BCUT2D eigenvalue weighted by Gasteiger charge is -2.10. The fourth-order valence-corrected chi connectivity index (χ4v) is 1.87. The molecule has 0 saturated heterocycles. The zero-order valence-electron chi connectivity index (χ0n) is 10.8. The van der Waals surface area contributed by atoms with Gasteiger partial charge >= 0.3 is 0 Å². The third-order valence-corrected chi connectivity index (χ3v) is 3.09. The van der Waals surface area contributed by atoms with Crippen molar-refractivity contribution in [3.05, 3.63) is 11.8 Å². The normalized spacial score (nSPS) is 14.7. The van der Waals surface area contributed by atoms with Gasteiger partial charge < -0.3 is 10.6 Å². The van der Waals surface area contributed by atoms with E-state index in [1.165, 1.54) is 25.7 Å². The van der Waals surface area contributed by atoms with E-state index in [4.69, 9.17) is 0 Å². The summed E-state index contributed by atoms with van der Waals surface area (Å²) in [5.41, 5.74) is 1.11. The molecule has 0 spiro atoms. The highest BCUT2D eigenvalue weighted by Crippen LogP contribution is 2.33. The minimum absolute atomic E-state index is 0.711. The molecule has 1 heterocycles. The predicted octanol–water partition coefficient (Wildman–Crippen LogP) is 2.82. The largest absolute Gasteiger partial charge is 0.370 e. The average molecular weight is 234 g/mol. The van der Waals surface area contributed by atoms with Gasteiger partial charge in [0, 0.05) is 24.8 Å². The van der Waals surface area contributed by atoms with Crippen LogP contribution in [0.2, 0.25) is 0 Å². The third-order valence-electron chi connectivity index (χ3n) is 3.09. The number of nitrogens with one attached hydrogen (secondary N) is 2. The molecule has 1 saturated carbocycles. The summed E-state index contributed by atoms with van der Waals surface area (Å²) in [5, 5.41) is 6.54. The molecular weight excluding hydrogens is 212 g/mol. The molecule has 0 amide bonds. The van der Waals surface area contributed by atoms with Crippen LogP contribution in [0.25, 0.3) is 0 Å². The summed E-state index contributed by atoms with van der Waals surface area (Å²) in [4.78, 5) is 8.69. The maximum absolute atomic E-state index is 4.46. The number of anilines is 2. The first-order valence-corrected chi connectivity index (χ1v) is 6.61. The van der Waals surface area contributed by atoms with Gasteiger partial charge in [0.25, 0.3) is 0 Å².